The highest BCUT2D eigenvalue weighted by atomic mass is 16.5. The SMILES string of the molecule is Cc1nc(CNC2CC(NC(=O)OCc3ccccc3)C2)oc1C. The second kappa shape index (κ2) is 7.49. The lowest BCUT2D eigenvalue weighted by Crippen LogP contribution is -2.52. The van der Waals surface area contributed by atoms with Gasteiger partial charge in [0.1, 0.15) is 12.4 Å². The molecule has 0 unspecified atom stereocenters. The lowest BCUT2D eigenvalue weighted by Gasteiger charge is -2.35. The summed E-state index contributed by atoms with van der Waals surface area (Å²) < 4.78 is 10.8. The zero-order valence-electron chi connectivity index (χ0n) is 14.0. The van der Waals surface area contributed by atoms with Crippen LogP contribution in [0, 0.1) is 13.8 Å². The van der Waals surface area contributed by atoms with Crippen LogP contribution in [0.4, 0.5) is 4.79 Å². The van der Waals surface area contributed by atoms with Crippen LogP contribution in [0.3, 0.4) is 0 Å². The second-order valence-electron chi connectivity index (χ2n) is 6.20. The molecule has 0 bridgehead atoms. The Hall–Kier alpha value is -2.34. The Morgan fingerprint density at radius 2 is 2.00 bits per heavy atom. The van der Waals surface area contributed by atoms with Crippen LogP contribution in [0.2, 0.25) is 0 Å². The standard InChI is InChI=1S/C18H23N3O3/c1-12-13(2)24-17(20-12)10-19-15-8-16(9-15)21-18(22)23-11-14-6-4-3-5-7-14/h3-7,15-16,19H,8-11H2,1-2H3,(H,21,22). The summed E-state index contributed by atoms with van der Waals surface area (Å²) in [6.45, 7) is 4.76. The number of aromatic nitrogens is 1. The third-order valence-electron chi connectivity index (χ3n) is 4.29. The molecule has 0 saturated heterocycles. The fourth-order valence-corrected chi connectivity index (χ4v) is 2.68. The fourth-order valence-electron chi connectivity index (χ4n) is 2.68. The van der Waals surface area contributed by atoms with Crippen molar-refractivity contribution in [2.45, 2.75) is 51.9 Å². The minimum Gasteiger partial charge on any atom is -0.445 e. The highest BCUT2D eigenvalue weighted by molar-refractivity contribution is 5.67. The van der Waals surface area contributed by atoms with Crippen molar-refractivity contribution in [3.8, 4) is 0 Å². The van der Waals surface area contributed by atoms with E-state index in [9.17, 15) is 4.79 Å². The van der Waals surface area contributed by atoms with E-state index in [1.54, 1.807) is 0 Å². The van der Waals surface area contributed by atoms with Crippen molar-refractivity contribution < 1.29 is 13.9 Å². The van der Waals surface area contributed by atoms with E-state index < -0.39 is 0 Å². The first-order valence-corrected chi connectivity index (χ1v) is 8.23. The van der Waals surface area contributed by atoms with Gasteiger partial charge in [-0.3, -0.25) is 0 Å². The summed E-state index contributed by atoms with van der Waals surface area (Å²) in [4.78, 5) is 16.1. The molecule has 24 heavy (non-hydrogen) atoms. The Kier molecular flexibility index (Phi) is 5.15. The zero-order valence-corrected chi connectivity index (χ0v) is 14.0. The van der Waals surface area contributed by atoms with Crippen LogP contribution in [0.25, 0.3) is 0 Å². The minimum absolute atomic E-state index is 0.166. The van der Waals surface area contributed by atoms with Crippen molar-refractivity contribution in [2.24, 2.45) is 0 Å². The van der Waals surface area contributed by atoms with Gasteiger partial charge in [-0.1, -0.05) is 30.3 Å². The van der Waals surface area contributed by atoms with E-state index in [1.807, 2.05) is 44.2 Å². The number of ether oxygens (including phenoxy) is 1. The lowest BCUT2D eigenvalue weighted by atomic mass is 9.87. The highest BCUT2D eigenvalue weighted by Crippen LogP contribution is 2.21. The number of nitrogens with zero attached hydrogens (tertiary/aromatic N) is 1. The Morgan fingerprint density at radius 3 is 2.67 bits per heavy atom. The molecule has 3 rings (SSSR count). The van der Waals surface area contributed by atoms with Crippen LogP contribution in [-0.2, 0) is 17.9 Å². The van der Waals surface area contributed by atoms with Crippen LogP contribution in [0.1, 0.15) is 35.7 Å². The number of carbonyl (C=O) groups is 1. The summed E-state index contributed by atoms with van der Waals surface area (Å²) in [5, 5.41) is 6.28. The van der Waals surface area contributed by atoms with E-state index in [2.05, 4.69) is 15.6 Å². The molecule has 1 aliphatic rings. The maximum Gasteiger partial charge on any atom is 0.407 e. The van der Waals surface area contributed by atoms with Gasteiger partial charge in [-0.25, -0.2) is 9.78 Å². The molecule has 1 saturated carbocycles. The first-order valence-electron chi connectivity index (χ1n) is 8.23. The summed E-state index contributed by atoms with van der Waals surface area (Å²) in [5.41, 5.74) is 1.92. The minimum atomic E-state index is -0.360. The van der Waals surface area contributed by atoms with Crippen molar-refractivity contribution >= 4 is 6.09 Å². The van der Waals surface area contributed by atoms with E-state index >= 15 is 0 Å². The quantitative estimate of drug-likeness (QED) is 0.852. The second-order valence-corrected chi connectivity index (χ2v) is 6.20. The predicted molar refractivity (Wildman–Crippen MR) is 89.4 cm³/mol. The van der Waals surface area contributed by atoms with Crippen LogP contribution >= 0.6 is 0 Å². The van der Waals surface area contributed by atoms with E-state index in [1.165, 1.54) is 0 Å². The molecular formula is C18H23N3O3. The summed E-state index contributed by atoms with van der Waals surface area (Å²) >= 11 is 0. The smallest absolute Gasteiger partial charge is 0.407 e. The average Bonchev–Trinajstić information content (AvgIpc) is 2.86. The summed E-state index contributed by atoms with van der Waals surface area (Å²) in [7, 11) is 0. The largest absolute Gasteiger partial charge is 0.445 e. The maximum atomic E-state index is 11.8. The van der Waals surface area contributed by atoms with Gasteiger partial charge in [0.05, 0.1) is 12.2 Å². The normalized spacial score (nSPS) is 19.6. The van der Waals surface area contributed by atoms with Gasteiger partial charge in [0.2, 0.25) is 5.89 Å². The molecule has 6 heteroatoms. The molecular weight excluding hydrogens is 306 g/mol. The molecule has 1 aliphatic carbocycles. The van der Waals surface area contributed by atoms with Crippen LogP contribution in [0.5, 0.6) is 0 Å². The summed E-state index contributed by atoms with van der Waals surface area (Å²) in [6.07, 6.45) is 1.42. The first kappa shape index (κ1) is 16.5. The monoisotopic (exact) mass is 329 g/mol. The number of benzene rings is 1. The van der Waals surface area contributed by atoms with E-state index in [-0.39, 0.29) is 12.1 Å². The molecule has 1 fully saturated rings. The van der Waals surface area contributed by atoms with E-state index in [0.717, 1.165) is 29.9 Å². The molecule has 0 radical (unpaired) electrons. The Labute approximate surface area is 141 Å². The molecule has 1 heterocycles. The van der Waals surface area contributed by atoms with Gasteiger partial charge in [0.15, 0.2) is 0 Å². The van der Waals surface area contributed by atoms with Crippen LogP contribution in [0.15, 0.2) is 34.7 Å². The first-order chi connectivity index (χ1) is 11.6. The molecule has 0 atom stereocenters. The molecule has 1 aromatic heterocycles. The number of alkyl carbamates (subject to hydrolysis) is 1. The Bertz CT molecular complexity index is 659. The van der Waals surface area contributed by atoms with Gasteiger partial charge in [0.25, 0.3) is 0 Å². The third kappa shape index (κ3) is 4.35. The number of amides is 1. The van der Waals surface area contributed by atoms with E-state index in [4.69, 9.17) is 9.15 Å². The summed E-state index contributed by atoms with van der Waals surface area (Å²) in [5.74, 6) is 1.57. The number of aryl methyl sites for hydroxylation is 2. The van der Waals surface area contributed by atoms with Gasteiger partial charge in [-0.15, -0.1) is 0 Å². The highest BCUT2D eigenvalue weighted by Gasteiger charge is 2.30. The number of hydrogen-bond acceptors (Lipinski definition) is 5. The van der Waals surface area contributed by atoms with Gasteiger partial charge in [-0.2, -0.15) is 0 Å². The van der Waals surface area contributed by atoms with Gasteiger partial charge in [0, 0.05) is 12.1 Å². The van der Waals surface area contributed by atoms with Crippen molar-refractivity contribution in [1.82, 2.24) is 15.6 Å². The molecule has 1 amide bonds. The van der Waals surface area contributed by atoms with Crippen molar-refractivity contribution in [3.63, 3.8) is 0 Å². The van der Waals surface area contributed by atoms with Crippen LogP contribution < -0.4 is 10.6 Å². The number of oxazole rings is 1. The van der Waals surface area contributed by atoms with Crippen LogP contribution in [-0.4, -0.2) is 23.2 Å². The number of hydrogen-bond donors (Lipinski definition) is 2. The predicted octanol–water partition coefficient (Wildman–Crippen LogP) is 2.84. The topological polar surface area (TPSA) is 76.4 Å². The fraction of sp³-hybridized carbons (Fsp3) is 0.444. The maximum absolute atomic E-state index is 11.8. The Balaban J connectivity index is 1.31. The summed E-state index contributed by atoms with van der Waals surface area (Å²) in [6, 6.07) is 10.2. The molecule has 2 aromatic rings. The lowest BCUT2D eigenvalue weighted by molar-refractivity contribution is 0.125. The van der Waals surface area contributed by atoms with Crippen molar-refractivity contribution in [3.05, 3.63) is 53.2 Å². The molecule has 0 spiro atoms. The number of carbonyl (C=O) groups excluding carboxylic acids is 1. The van der Waals surface area contributed by atoms with Gasteiger partial charge in [-0.05, 0) is 32.3 Å². The third-order valence-corrected chi connectivity index (χ3v) is 4.29. The van der Waals surface area contributed by atoms with E-state index in [0.29, 0.717) is 25.1 Å². The molecule has 0 aliphatic heterocycles. The molecule has 6 nitrogen and oxygen atoms in total. The molecule has 1 aromatic carbocycles. The van der Waals surface area contributed by atoms with Crippen molar-refractivity contribution in [1.29, 1.82) is 0 Å². The average molecular weight is 329 g/mol. The number of nitrogens with one attached hydrogen (secondary N) is 2. The number of rotatable bonds is 6. The molecule has 128 valence electrons. The Morgan fingerprint density at radius 1 is 1.25 bits per heavy atom. The van der Waals surface area contributed by atoms with Gasteiger partial charge >= 0.3 is 6.09 Å². The van der Waals surface area contributed by atoms with Gasteiger partial charge < -0.3 is 19.8 Å². The van der Waals surface area contributed by atoms with Crippen molar-refractivity contribution in [2.75, 3.05) is 0 Å². The molecule has 2 N–H and O–H groups in total. The zero-order chi connectivity index (χ0) is 16.9.